The second-order valence-electron chi connectivity index (χ2n) is 7.39. The minimum Gasteiger partial charge on any atom is -0.493 e. The summed E-state index contributed by atoms with van der Waals surface area (Å²) < 4.78 is 12.1. The van der Waals surface area contributed by atoms with Crippen LogP contribution in [0.4, 0.5) is 0 Å². The maximum Gasteiger partial charge on any atom is 0.263 e. The molecule has 0 spiro atoms. The summed E-state index contributed by atoms with van der Waals surface area (Å²) in [6, 6.07) is 15.0. The van der Waals surface area contributed by atoms with E-state index in [2.05, 4.69) is 15.5 Å². The predicted octanol–water partition coefficient (Wildman–Crippen LogP) is 3.99. The van der Waals surface area contributed by atoms with E-state index in [4.69, 9.17) is 9.47 Å². The van der Waals surface area contributed by atoms with Gasteiger partial charge in [-0.05, 0) is 43.2 Å². The van der Waals surface area contributed by atoms with Gasteiger partial charge in [0.25, 0.3) is 11.5 Å². The molecule has 0 unspecified atom stereocenters. The molecular formula is C25H24N4O4S. The lowest BCUT2D eigenvalue weighted by atomic mass is 10.0. The zero-order valence-electron chi connectivity index (χ0n) is 19.1. The van der Waals surface area contributed by atoms with Gasteiger partial charge < -0.3 is 9.47 Å². The van der Waals surface area contributed by atoms with Crippen LogP contribution in [0.15, 0.2) is 64.8 Å². The fourth-order valence-electron chi connectivity index (χ4n) is 3.61. The lowest BCUT2D eigenvalue weighted by Gasteiger charge is -2.09. The van der Waals surface area contributed by atoms with Gasteiger partial charge in [0.05, 0.1) is 31.6 Å². The van der Waals surface area contributed by atoms with Crippen LogP contribution in [0.5, 0.6) is 11.5 Å². The summed E-state index contributed by atoms with van der Waals surface area (Å²) >= 11 is 1.47. The van der Waals surface area contributed by atoms with Crippen molar-refractivity contribution in [1.82, 2.24) is 15.0 Å². The Kier molecular flexibility index (Phi) is 7.03. The zero-order chi connectivity index (χ0) is 24.1. The van der Waals surface area contributed by atoms with Gasteiger partial charge >= 0.3 is 0 Å². The number of aromatic nitrogens is 2. The average Bonchev–Trinajstić information content (AvgIpc) is 3.19. The Morgan fingerprint density at radius 1 is 1.21 bits per heavy atom. The molecule has 34 heavy (non-hydrogen) atoms. The molecule has 4 aromatic rings. The van der Waals surface area contributed by atoms with Crippen LogP contribution >= 0.6 is 11.3 Å². The summed E-state index contributed by atoms with van der Waals surface area (Å²) in [4.78, 5) is 31.7. The molecule has 0 radical (unpaired) electrons. The molecule has 2 aromatic heterocycles. The van der Waals surface area contributed by atoms with Gasteiger partial charge in [-0.15, -0.1) is 11.3 Å². The molecule has 0 bridgehead atoms. The number of nitrogens with one attached hydrogen (secondary N) is 1. The van der Waals surface area contributed by atoms with E-state index in [0.717, 1.165) is 21.6 Å². The number of rotatable bonds is 8. The molecule has 0 aliphatic heterocycles. The van der Waals surface area contributed by atoms with Crippen molar-refractivity contribution in [2.75, 3.05) is 13.7 Å². The summed E-state index contributed by atoms with van der Waals surface area (Å²) in [7, 11) is 1.56. The van der Waals surface area contributed by atoms with E-state index < -0.39 is 5.91 Å². The Morgan fingerprint density at radius 3 is 2.74 bits per heavy atom. The molecule has 2 aromatic carbocycles. The summed E-state index contributed by atoms with van der Waals surface area (Å²) in [5, 5.41) is 4.52. The van der Waals surface area contributed by atoms with Crippen molar-refractivity contribution in [3.05, 3.63) is 75.7 Å². The number of hydrazone groups is 1. The largest absolute Gasteiger partial charge is 0.493 e. The molecule has 8 nitrogen and oxygen atoms in total. The topological polar surface area (TPSA) is 94.8 Å². The van der Waals surface area contributed by atoms with Crippen LogP contribution in [0.1, 0.15) is 17.4 Å². The second kappa shape index (κ2) is 10.3. The van der Waals surface area contributed by atoms with Crippen LogP contribution < -0.4 is 20.5 Å². The summed E-state index contributed by atoms with van der Waals surface area (Å²) in [5.41, 5.74) is 4.72. The normalized spacial score (nSPS) is 11.1. The third kappa shape index (κ3) is 4.84. The molecule has 0 atom stereocenters. The van der Waals surface area contributed by atoms with E-state index in [1.165, 1.54) is 28.4 Å². The van der Waals surface area contributed by atoms with Gasteiger partial charge in [-0.25, -0.2) is 10.4 Å². The van der Waals surface area contributed by atoms with Gasteiger partial charge in [-0.1, -0.05) is 30.3 Å². The van der Waals surface area contributed by atoms with Crippen molar-refractivity contribution in [2.24, 2.45) is 5.10 Å². The number of benzene rings is 2. The van der Waals surface area contributed by atoms with Crippen LogP contribution in [-0.2, 0) is 11.3 Å². The maximum absolute atomic E-state index is 13.2. The van der Waals surface area contributed by atoms with Crippen LogP contribution in [0.2, 0.25) is 0 Å². The highest BCUT2D eigenvalue weighted by atomic mass is 32.1. The molecule has 0 saturated carbocycles. The summed E-state index contributed by atoms with van der Waals surface area (Å²) in [6.07, 6.45) is 2.89. The van der Waals surface area contributed by atoms with Crippen molar-refractivity contribution in [3.63, 3.8) is 0 Å². The second-order valence-corrected chi connectivity index (χ2v) is 8.60. The van der Waals surface area contributed by atoms with E-state index in [1.54, 1.807) is 25.3 Å². The number of carbonyl (C=O) groups is 1. The molecule has 2 heterocycles. The first-order chi connectivity index (χ1) is 16.5. The van der Waals surface area contributed by atoms with Crippen molar-refractivity contribution < 1.29 is 14.3 Å². The first-order valence-electron chi connectivity index (χ1n) is 10.7. The zero-order valence-corrected chi connectivity index (χ0v) is 19.9. The Morgan fingerprint density at radius 2 is 2.00 bits per heavy atom. The molecule has 1 N–H and O–H groups in total. The Balaban J connectivity index is 1.51. The fraction of sp³-hybridized carbons (Fsp3) is 0.200. The SMILES string of the molecule is CCOc1ccc(/C=N\NC(=O)Cn2cnc3sc(C)c(-c4ccccc4)c3c2=O)cc1OC. The lowest BCUT2D eigenvalue weighted by molar-refractivity contribution is -0.121. The average molecular weight is 477 g/mol. The first kappa shape index (κ1) is 23.2. The van der Waals surface area contributed by atoms with Crippen LogP contribution in [0.3, 0.4) is 0 Å². The number of aryl methyl sites for hydroxylation is 1. The summed E-state index contributed by atoms with van der Waals surface area (Å²) in [6.45, 7) is 4.19. The van der Waals surface area contributed by atoms with Crippen LogP contribution in [-0.4, -0.2) is 35.4 Å². The van der Waals surface area contributed by atoms with Crippen molar-refractivity contribution in [3.8, 4) is 22.6 Å². The maximum atomic E-state index is 13.2. The third-order valence-corrected chi connectivity index (χ3v) is 6.13. The Labute approximate surface area is 200 Å². The number of thiophene rings is 1. The minimum atomic E-state index is -0.439. The van der Waals surface area contributed by atoms with Gasteiger partial charge in [0.1, 0.15) is 11.4 Å². The summed E-state index contributed by atoms with van der Waals surface area (Å²) in [5.74, 6) is 0.765. The highest BCUT2D eigenvalue weighted by molar-refractivity contribution is 7.19. The number of amides is 1. The monoisotopic (exact) mass is 476 g/mol. The Hall–Kier alpha value is -3.98. The minimum absolute atomic E-state index is 0.200. The van der Waals surface area contributed by atoms with Gasteiger partial charge in [0, 0.05) is 10.4 Å². The molecule has 0 aliphatic carbocycles. The van der Waals surface area contributed by atoms with Gasteiger partial charge in [-0.3, -0.25) is 14.2 Å². The quantitative estimate of drug-likeness (QED) is 0.307. The first-order valence-corrected chi connectivity index (χ1v) is 11.5. The number of fused-ring (bicyclic) bond motifs is 1. The fourth-order valence-corrected chi connectivity index (χ4v) is 4.61. The van der Waals surface area contributed by atoms with Crippen LogP contribution in [0, 0.1) is 6.92 Å². The number of hydrogen-bond acceptors (Lipinski definition) is 7. The van der Waals surface area contributed by atoms with E-state index in [0.29, 0.717) is 28.3 Å². The number of hydrogen-bond donors (Lipinski definition) is 1. The van der Waals surface area contributed by atoms with E-state index >= 15 is 0 Å². The number of nitrogens with zero attached hydrogens (tertiary/aromatic N) is 3. The smallest absolute Gasteiger partial charge is 0.263 e. The standard InChI is InChI=1S/C25H24N4O4S/c1-4-33-19-11-10-17(12-20(19)32-3)13-27-28-21(30)14-29-15-26-24-23(25(29)31)22(16(2)34-24)18-8-6-5-7-9-18/h5-13,15H,4,14H2,1-3H3,(H,28,30)/b27-13-. The predicted molar refractivity (Wildman–Crippen MR) is 134 cm³/mol. The molecule has 1 amide bonds. The van der Waals surface area contributed by atoms with Crippen LogP contribution in [0.25, 0.3) is 21.3 Å². The highest BCUT2D eigenvalue weighted by Crippen LogP contribution is 2.35. The molecule has 0 saturated heterocycles. The van der Waals surface area contributed by atoms with Crippen molar-refractivity contribution in [1.29, 1.82) is 0 Å². The molecule has 0 fully saturated rings. The van der Waals surface area contributed by atoms with E-state index in [-0.39, 0.29) is 12.1 Å². The number of methoxy groups -OCH3 is 1. The van der Waals surface area contributed by atoms with Gasteiger partial charge in [-0.2, -0.15) is 5.10 Å². The molecule has 174 valence electrons. The highest BCUT2D eigenvalue weighted by Gasteiger charge is 2.17. The molecule has 0 aliphatic rings. The Bertz CT molecular complexity index is 1410. The van der Waals surface area contributed by atoms with Gasteiger partial charge in [0.2, 0.25) is 0 Å². The van der Waals surface area contributed by atoms with E-state index in [9.17, 15) is 9.59 Å². The van der Waals surface area contributed by atoms with Gasteiger partial charge in [0.15, 0.2) is 11.5 Å². The van der Waals surface area contributed by atoms with E-state index in [1.807, 2.05) is 44.2 Å². The van der Waals surface area contributed by atoms with Crippen molar-refractivity contribution in [2.45, 2.75) is 20.4 Å². The van der Waals surface area contributed by atoms with Crippen molar-refractivity contribution >= 4 is 33.7 Å². The third-order valence-electron chi connectivity index (χ3n) is 5.12. The molecule has 9 heteroatoms. The number of carbonyl (C=O) groups excluding carboxylic acids is 1. The lowest BCUT2D eigenvalue weighted by Crippen LogP contribution is -2.30. The molecular weight excluding hydrogens is 452 g/mol. The number of ether oxygens (including phenoxy) is 2. The molecule has 4 rings (SSSR count).